The Balaban J connectivity index is 1.38. The monoisotopic (exact) mass is 536 g/mol. The second-order valence-corrected chi connectivity index (χ2v) is 14.5. The van der Waals surface area contributed by atoms with Crippen LogP contribution in [0.15, 0.2) is 139 Å². The Bertz CT molecular complexity index is 1990. The molecule has 2 unspecified atom stereocenters. The average molecular weight is 537 g/mol. The number of hydrogen-bond acceptors (Lipinski definition) is 0. The quantitative estimate of drug-likeness (QED) is 0.198. The Morgan fingerprint density at radius 2 is 1.07 bits per heavy atom. The third kappa shape index (κ3) is 3.27. The molecule has 0 radical (unpaired) electrons. The van der Waals surface area contributed by atoms with Gasteiger partial charge in [0, 0.05) is 5.54 Å². The zero-order chi connectivity index (χ0) is 27.1. The number of hydrogen-bond donors (Lipinski definition) is 0. The molecule has 1 heteroatoms. The van der Waals surface area contributed by atoms with E-state index in [4.69, 9.17) is 0 Å². The summed E-state index contributed by atoms with van der Waals surface area (Å²) >= 11 is 0. The zero-order valence-electron chi connectivity index (χ0n) is 22.9. The van der Waals surface area contributed by atoms with E-state index >= 15 is 0 Å². The summed E-state index contributed by atoms with van der Waals surface area (Å²) < 4.78 is 0. The van der Waals surface area contributed by atoms with E-state index in [-0.39, 0.29) is 0 Å². The van der Waals surface area contributed by atoms with Crippen molar-refractivity contribution in [3.8, 4) is 55.6 Å². The van der Waals surface area contributed by atoms with E-state index < -0.39 is 8.80 Å². The first-order valence-corrected chi connectivity index (χ1v) is 16.4. The second-order valence-electron chi connectivity index (χ2n) is 11.7. The summed E-state index contributed by atoms with van der Waals surface area (Å²) in [7, 11) is -1.57. The van der Waals surface area contributed by atoms with Crippen LogP contribution in [0.2, 0.25) is 0 Å². The fraction of sp³-hybridized carbons (Fsp3) is 0.0500. The minimum absolute atomic E-state index is 0.464. The van der Waals surface area contributed by atoms with Crippen LogP contribution in [0.3, 0.4) is 0 Å². The normalized spacial score (nSPS) is 17.0. The molecular weight excluding hydrogens is 509 g/mol. The molecule has 192 valence electrons. The van der Waals surface area contributed by atoms with Gasteiger partial charge in [-0.1, -0.05) is 127 Å². The van der Waals surface area contributed by atoms with Crippen molar-refractivity contribution in [3.63, 3.8) is 0 Å². The van der Waals surface area contributed by atoms with Gasteiger partial charge in [0.05, 0.1) is 0 Å². The van der Waals surface area contributed by atoms with Crippen molar-refractivity contribution >= 4 is 25.2 Å². The molecule has 3 aliphatic rings. The predicted octanol–water partition coefficient (Wildman–Crippen LogP) is 8.73. The summed E-state index contributed by atoms with van der Waals surface area (Å²) in [4.78, 5) is 0. The van der Waals surface area contributed by atoms with Crippen LogP contribution in [0.1, 0.15) is 23.6 Å². The lowest BCUT2D eigenvalue weighted by atomic mass is 9.85. The van der Waals surface area contributed by atoms with Gasteiger partial charge in [0.2, 0.25) is 0 Å². The standard InChI is InChI=1S/C40H28Si/c1-25-21-28-19-20-33-35-17-10-16-34-32-15-8-9-18-36(32)41(40(34)35)39(25)38(28)37(33)31-23-29(26-11-4-2-5-12-26)22-30(24-31)27-13-6-3-7-14-27/h2-24,39,41H,1H3. The summed E-state index contributed by atoms with van der Waals surface area (Å²) in [6, 6.07) is 50.1. The highest BCUT2D eigenvalue weighted by Crippen LogP contribution is 2.52. The van der Waals surface area contributed by atoms with Gasteiger partial charge in [0.15, 0.2) is 0 Å². The molecule has 0 spiro atoms. The van der Waals surface area contributed by atoms with E-state index in [1.807, 2.05) is 0 Å². The van der Waals surface area contributed by atoms with E-state index in [2.05, 4.69) is 146 Å². The Morgan fingerprint density at radius 1 is 0.488 bits per heavy atom. The van der Waals surface area contributed by atoms with Gasteiger partial charge in [0.1, 0.15) is 8.80 Å². The molecule has 2 heterocycles. The maximum atomic E-state index is 2.48. The molecule has 0 N–H and O–H groups in total. The van der Waals surface area contributed by atoms with Gasteiger partial charge in [-0.2, -0.15) is 0 Å². The van der Waals surface area contributed by atoms with Crippen LogP contribution in [0.4, 0.5) is 0 Å². The van der Waals surface area contributed by atoms with Crippen LogP contribution in [-0.2, 0) is 0 Å². The third-order valence-electron chi connectivity index (χ3n) is 9.53. The summed E-state index contributed by atoms with van der Waals surface area (Å²) in [5.74, 6) is 0. The lowest BCUT2D eigenvalue weighted by Crippen LogP contribution is -2.44. The highest BCUT2D eigenvalue weighted by atomic mass is 28.3. The van der Waals surface area contributed by atoms with Crippen molar-refractivity contribution in [1.82, 2.24) is 0 Å². The maximum absolute atomic E-state index is 2.48. The molecule has 0 saturated heterocycles. The number of benzene rings is 6. The molecule has 0 aromatic heterocycles. The van der Waals surface area contributed by atoms with Crippen LogP contribution in [0.5, 0.6) is 0 Å². The number of fused-ring (bicyclic) bond motifs is 6. The molecular formula is C40H28Si. The van der Waals surface area contributed by atoms with E-state index in [0.717, 1.165) is 0 Å². The maximum Gasteiger partial charge on any atom is 0.116 e. The highest BCUT2D eigenvalue weighted by molar-refractivity contribution is 6.92. The van der Waals surface area contributed by atoms with Gasteiger partial charge in [-0.05, 0) is 102 Å². The summed E-state index contributed by atoms with van der Waals surface area (Å²) in [5.41, 5.74) is 18.5. The smallest absolute Gasteiger partial charge is 0.0675 e. The lowest BCUT2D eigenvalue weighted by Gasteiger charge is -2.24. The molecule has 6 aromatic carbocycles. The molecule has 0 nitrogen and oxygen atoms in total. The molecule has 0 fully saturated rings. The molecule has 2 bridgehead atoms. The Hall–Kier alpha value is -4.72. The second kappa shape index (κ2) is 8.64. The Kier molecular flexibility index (Phi) is 4.85. The summed E-state index contributed by atoms with van der Waals surface area (Å²) in [6.07, 6.45) is 2.48. The van der Waals surface area contributed by atoms with Gasteiger partial charge in [-0.15, -0.1) is 0 Å². The van der Waals surface area contributed by atoms with Crippen molar-refractivity contribution < 1.29 is 0 Å². The van der Waals surface area contributed by atoms with Gasteiger partial charge < -0.3 is 0 Å². The molecule has 1 aliphatic carbocycles. The van der Waals surface area contributed by atoms with Crippen molar-refractivity contribution in [2.24, 2.45) is 0 Å². The fourth-order valence-corrected chi connectivity index (χ4v) is 12.3. The fourth-order valence-electron chi connectivity index (χ4n) is 7.88. The van der Waals surface area contributed by atoms with E-state index in [0.29, 0.717) is 5.54 Å². The van der Waals surface area contributed by atoms with Crippen molar-refractivity contribution in [2.45, 2.75) is 12.5 Å². The largest absolute Gasteiger partial charge is 0.116 e. The van der Waals surface area contributed by atoms with Crippen molar-refractivity contribution in [2.75, 3.05) is 0 Å². The van der Waals surface area contributed by atoms with Gasteiger partial charge in [-0.25, -0.2) is 0 Å². The van der Waals surface area contributed by atoms with E-state index in [9.17, 15) is 0 Å². The summed E-state index contributed by atoms with van der Waals surface area (Å²) in [6.45, 7) is 2.38. The first-order chi connectivity index (χ1) is 20.3. The minimum atomic E-state index is -1.57. The van der Waals surface area contributed by atoms with Crippen molar-refractivity contribution in [3.05, 3.63) is 150 Å². The molecule has 2 aliphatic heterocycles. The molecule has 0 amide bonds. The van der Waals surface area contributed by atoms with Gasteiger partial charge in [-0.3, -0.25) is 0 Å². The summed E-state index contributed by atoms with van der Waals surface area (Å²) in [5, 5.41) is 3.25. The zero-order valence-corrected chi connectivity index (χ0v) is 24.1. The van der Waals surface area contributed by atoms with Crippen molar-refractivity contribution in [1.29, 1.82) is 0 Å². The predicted molar refractivity (Wildman–Crippen MR) is 176 cm³/mol. The van der Waals surface area contributed by atoms with Crippen LogP contribution in [0.25, 0.3) is 61.7 Å². The molecule has 9 rings (SSSR count). The first kappa shape index (κ1) is 23.0. The van der Waals surface area contributed by atoms with Gasteiger partial charge in [0.25, 0.3) is 0 Å². The van der Waals surface area contributed by atoms with E-state index in [1.54, 1.807) is 15.9 Å². The van der Waals surface area contributed by atoms with Crippen LogP contribution in [-0.4, -0.2) is 8.80 Å². The van der Waals surface area contributed by atoms with Crippen LogP contribution >= 0.6 is 0 Å². The average Bonchev–Trinajstić information content (AvgIpc) is 3.51. The minimum Gasteiger partial charge on any atom is -0.0675 e. The molecule has 6 aromatic rings. The highest BCUT2D eigenvalue weighted by Gasteiger charge is 2.45. The van der Waals surface area contributed by atoms with Gasteiger partial charge >= 0.3 is 0 Å². The molecule has 2 atom stereocenters. The topological polar surface area (TPSA) is 0 Å². The number of rotatable bonds is 3. The molecule has 41 heavy (non-hydrogen) atoms. The lowest BCUT2D eigenvalue weighted by molar-refractivity contribution is 1.12. The Morgan fingerprint density at radius 3 is 1.78 bits per heavy atom. The van der Waals surface area contributed by atoms with E-state index in [1.165, 1.54) is 66.8 Å². The SMILES string of the molecule is CC1=Cc2ccc3c(-c4cc(-c5ccccc5)cc(-c5ccccc5)c4)c2C1[SiH]1c2ccccc2-c2cccc-3c21. The number of allylic oxidation sites excluding steroid dienone is 1. The third-order valence-corrected chi connectivity index (χ3v) is 13.5. The Labute approximate surface area is 242 Å². The first-order valence-electron chi connectivity index (χ1n) is 14.6. The van der Waals surface area contributed by atoms with Crippen LogP contribution in [0, 0.1) is 0 Å². The molecule has 0 saturated carbocycles. The van der Waals surface area contributed by atoms with Crippen LogP contribution < -0.4 is 10.4 Å².